The third kappa shape index (κ3) is 4.76. The maximum Gasteiger partial charge on any atom is 0.265 e. The van der Waals surface area contributed by atoms with E-state index in [1.54, 1.807) is 33.2 Å². The average Bonchev–Trinajstić information content (AvgIpc) is 2.47. The largest absolute Gasteiger partial charge is 0.285 e. The van der Waals surface area contributed by atoms with E-state index in [1.807, 2.05) is 0 Å². The summed E-state index contributed by atoms with van der Waals surface area (Å²) in [5, 5.41) is 1.53. The summed E-state index contributed by atoms with van der Waals surface area (Å²) in [6.07, 6.45) is 5.02. The fourth-order valence-electron chi connectivity index (χ4n) is 2.78. The van der Waals surface area contributed by atoms with Crippen molar-refractivity contribution in [3.8, 4) is 0 Å². The van der Waals surface area contributed by atoms with Crippen molar-refractivity contribution in [2.75, 3.05) is 14.1 Å². The van der Waals surface area contributed by atoms with Crippen molar-refractivity contribution in [1.29, 1.82) is 0 Å². The zero-order valence-corrected chi connectivity index (χ0v) is 14.7. The summed E-state index contributed by atoms with van der Waals surface area (Å²) in [5.41, 5.74) is 3.74. The van der Waals surface area contributed by atoms with Crippen LogP contribution in [0.5, 0.6) is 0 Å². The summed E-state index contributed by atoms with van der Waals surface area (Å²) < 4.78 is 27.9. The van der Waals surface area contributed by atoms with Gasteiger partial charge in [-0.1, -0.05) is 25.3 Å². The molecule has 6 nitrogen and oxygen atoms in total. The van der Waals surface area contributed by atoms with Crippen molar-refractivity contribution in [2.45, 2.75) is 50.0 Å². The van der Waals surface area contributed by atoms with Crippen molar-refractivity contribution in [3.63, 3.8) is 0 Å². The molecule has 128 valence electrons. The second-order valence-electron chi connectivity index (χ2n) is 6.27. The van der Waals surface area contributed by atoms with Gasteiger partial charge < -0.3 is 0 Å². The number of benzene rings is 1. The number of aryl methyl sites for hydroxylation is 1. The number of nitrogens with one attached hydrogen (secondary N) is 2. The SMILES string of the molecule is Cc1ccc(S(=O)(=O)NC2CCCCC2)cc1C(=O)NN(C)C. The number of rotatable bonds is 5. The molecular weight excluding hydrogens is 314 g/mol. The molecule has 1 aliphatic rings. The van der Waals surface area contributed by atoms with Gasteiger partial charge in [-0.25, -0.2) is 18.1 Å². The molecule has 1 aromatic rings. The third-order valence-corrected chi connectivity index (χ3v) is 5.53. The lowest BCUT2D eigenvalue weighted by molar-refractivity contribution is 0.0856. The molecule has 1 amide bonds. The summed E-state index contributed by atoms with van der Waals surface area (Å²) in [6.45, 7) is 1.79. The van der Waals surface area contributed by atoms with Gasteiger partial charge in [0.2, 0.25) is 10.0 Å². The monoisotopic (exact) mass is 339 g/mol. The highest BCUT2D eigenvalue weighted by atomic mass is 32.2. The molecular formula is C16H25N3O3S. The molecule has 0 atom stereocenters. The minimum absolute atomic E-state index is 0.00546. The van der Waals surface area contributed by atoms with Crippen molar-refractivity contribution in [2.24, 2.45) is 0 Å². The predicted molar refractivity (Wildman–Crippen MR) is 89.5 cm³/mol. The lowest BCUT2D eigenvalue weighted by Crippen LogP contribution is -2.37. The highest BCUT2D eigenvalue weighted by molar-refractivity contribution is 7.89. The Morgan fingerprint density at radius 1 is 1.17 bits per heavy atom. The molecule has 7 heteroatoms. The van der Waals surface area contributed by atoms with E-state index in [0.717, 1.165) is 37.7 Å². The van der Waals surface area contributed by atoms with Gasteiger partial charge in [-0.3, -0.25) is 10.2 Å². The lowest BCUT2D eigenvalue weighted by atomic mass is 9.96. The van der Waals surface area contributed by atoms with Crippen LogP contribution in [0.25, 0.3) is 0 Å². The van der Waals surface area contributed by atoms with E-state index < -0.39 is 10.0 Å². The van der Waals surface area contributed by atoms with E-state index in [-0.39, 0.29) is 16.8 Å². The Labute approximate surface area is 138 Å². The summed E-state index contributed by atoms with van der Waals surface area (Å²) in [5.74, 6) is -0.317. The van der Waals surface area contributed by atoms with Crippen molar-refractivity contribution >= 4 is 15.9 Å². The maximum atomic E-state index is 12.6. The first-order valence-electron chi connectivity index (χ1n) is 7.91. The van der Waals surface area contributed by atoms with E-state index in [2.05, 4.69) is 10.1 Å². The second kappa shape index (κ2) is 7.42. The topological polar surface area (TPSA) is 78.5 Å². The van der Waals surface area contributed by atoms with E-state index >= 15 is 0 Å². The van der Waals surface area contributed by atoms with Gasteiger partial charge in [-0.2, -0.15) is 0 Å². The Morgan fingerprint density at radius 3 is 2.43 bits per heavy atom. The molecule has 0 radical (unpaired) electrons. The molecule has 1 fully saturated rings. The Bertz CT molecular complexity index is 665. The first-order chi connectivity index (χ1) is 10.8. The fraction of sp³-hybridized carbons (Fsp3) is 0.562. The number of hydrogen-bond acceptors (Lipinski definition) is 4. The summed E-state index contributed by atoms with van der Waals surface area (Å²) >= 11 is 0. The summed E-state index contributed by atoms with van der Waals surface area (Å²) in [4.78, 5) is 12.3. The van der Waals surface area contributed by atoms with E-state index in [1.165, 1.54) is 11.1 Å². The molecule has 0 unspecified atom stereocenters. The highest BCUT2D eigenvalue weighted by Gasteiger charge is 2.23. The third-order valence-electron chi connectivity index (χ3n) is 4.02. The Kier molecular flexibility index (Phi) is 5.78. The van der Waals surface area contributed by atoms with Crippen molar-refractivity contribution in [3.05, 3.63) is 29.3 Å². The molecule has 1 aliphatic carbocycles. The molecule has 0 aliphatic heterocycles. The summed E-state index contributed by atoms with van der Waals surface area (Å²) in [6, 6.07) is 4.65. The van der Waals surface area contributed by atoms with Gasteiger partial charge in [0.25, 0.3) is 5.91 Å². The van der Waals surface area contributed by atoms with Gasteiger partial charge in [0.05, 0.1) is 4.90 Å². The molecule has 0 aromatic heterocycles. The van der Waals surface area contributed by atoms with Gasteiger partial charge >= 0.3 is 0 Å². The lowest BCUT2D eigenvalue weighted by Gasteiger charge is -2.23. The van der Waals surface area contributed by atoms with E-state index in [9.17, 15) is 13.2 Å². The standard InChI is InChI=1S/C16H25N3O3S/c1-12-9-10-14(11-15(12)16(20)17-19(2)3)23(21,22)18-13-7-5-4-6-8-13/h9-11,13,18H,4-8H2,1-3H3,(H,17,20). The first-order valence-corrected chi connectivity index (χ1v) is 9.39. The van der Waals surface area contributed by atoms with Gasteiger partial charge in [-0.15, -0.1) is 0 Å². The second-order valence-corrected chi connectivity index (χ2v) is 7.98. The quantitative estimate of drug-likeness (QED) is 0.802. The Hall–Kier alpha value is -1.44. The van der Waals surface area contributed by atoms with Crippen LogP contribution in [-0.4, -0.2) is 39.5 Å². The fourth-order valence-corrected chi connectivity index (χ4v) is 4.11. The van der Waals surface area contributed by atoms with Crippen LogP contribution in [0.1, 0.15) is 48.0 Å². The smallest absolute Gasteiger partial charge is 0.265 e. The number of carbonyl (C=O) groups excluding carboxylic acids is 1. The molecule has 0 saturated heterocycles. The van der Waals surface area contributed by atoms with Gasteiger partial charge in [0.1, 0.15) is 0 Å². The zero-order chi connectivity index (χ0) is 17.0. The van der Waals surface area contributed by atoms with Crippen LogP contribution < -0.4 is 10.1 Å². The molecule has 0 spiro atoms. The normalized spacial score (nSPS) is 16.5. The number of hydrazine groups is 1. The molecule has 23 heavy (non-hydrogen) atoms. The van der Waals surface area contributed by atoms with Crippen LogP contribution >= 0.6 is 0 Å². The van der Waals surface area contributed by atoms with Crippen molar-refractivity contribution < 1.29 is 13.2 Å². The maximum absolute atomic E-state index is 12.6. The van der Waals surface area contributed by atoms with Gasteiger partial charge in [-0.05, 0) is 37.5 Å². The minimum Gasteiger partial charge on any atom is -0.285 e. The predicted octanol–water partition coefficient (Wildman–Crippen LogP) is 1.81. The van der Waals surface area contributed by atoms with Crippen LogP contribution in [0.2, 0.25) is 0 Å². The molecule has 0 heterocycles. The average molecular weight is 339 g/mol. The van der Waals surface area contributed by atoms with E-state index in [4.69, 9.17) is 0 Å². The molecule has 2 rings (SSSR count). The minimum atomic E-state index is -3.60. The molecule has 1 saturated carbocycles. The first kappa shape index (κ1) is 17.9. The highest BCUT2D eigenvalue weighted by Crippen LogP contribution is 2.21. The Balaban J connectivity index is 2.23. The van der Waals surface area contributed by atoms with Crippen molar-refractivity contribution in [1.82, 2.24) is 15.2 Å². The van der Waals surface area contributed by atoms with Crippen LogP contribution in [0.4, 0.5) is 0 Å². The van der Waals surface area contributed by atoms with Crippen LogP contribution in [0.3, 0.4) is 0 Å². The Morgan fingerprint density at radius 2 is 1.83 bits per heavy atom. The zero-order valence-electron chi connectivity index (χ0n) is 13.9. The molecule has 1 aromatic carbocycles. The van der Waals surface area contributed by atoms with E-state index in [0.29, 0.717) is 5.56 Å². The number of amides is 1. The van der Waals surface area contributed by atoms with Crippen LogP contribution in [-0.2, 0) is 10.0 Å². The van der Waals surface area contributed by atoms with Gasteiger partial charge in [0, 0.05) is 25.7 Å². The molecule has 0 bridgehead atoms. The molecule has 2 N–H and O–H groups in total. The number of carbonyl (C=O) groups is 1. The number of nitrogens with zero attached hydrogens (tertiary/aromatic N) is 1. The van der Waals surface area contributed by atoms with Crippen LogP contribution in [0, 0.1) is 6.92 Å². The summed E-state index contributed by atoms with van der Waals surface area (Å²) in [7, 11) is -0.191. The van der Waals surface area contributed by atoms with Gasteiger partial charge in [0.15, 0.2) is 0 Å². The number of hydrogen-bond donors (Lipinski definition) is 2. The van der Waals surface area contributed by atoms with Crippen LogP contribution in [0.15, 0.2) is 23.1 Å². The number of sulfonamides is 1.